The van der Waals surface area contributed by atoms with Crippen LogP contribution in [0.3, 0.4) is 0 Å². The lowest BCUT2D eigenvalue weighted by atomic mass is 10.1. The summed E-state index contributed by atoms with van der Waals surface area (Å²) < 4.78 is 5.71. The smallest absolute Gasteiger partial charge is 0.268 e. The van der Waals surface area contributed by atoms with E-state index in [1.165, 1.54) is 0 Å². The Bertz CT molecular complexity index is 693. The van der Waals surface area contributed by atoms with E-state index in [9.17, 15) is 4.79 Å². The molecular weight excluding hydrogens is 284 g/mol. The molecule has 3 rings (SSSR count). The average molecular weight is 302 g/mol. The number of benzene rings is 1. The number of carbonyl (C=O) groups excluding carboxylic acids is 1. The number of hydrogen-bond donors (Lipinski definition) is 0. The number of thiazole rings is 1. The highest BCUT2D eigenvalue weighted by atomic mass is 32.1. The SMILES string of the molecule is Cc1nc(-c2ccc3c(c2)N(C(C)C)C(=O)C(C)O3)cs1. The van der Waals surface area contributed by atoms with Crippen LogP contribution in [-0.4, -0.2) is 23.0 Å². The summed E-state index contributed by atoms with van der Waals surface area (Å²) in [5, 5.41) is 3.06. The third-order valence-corrected chi connectivity index (χ3v) is 4.31. The van der Waals surface area contributed by atoms with Gasteiger partial charge in [0.15, 0.2) is 6.10 Å². The van der Waals surface area contributed by atoms with Crippen LogP contribution in [0, 0.1) is 6.92 Å². The Hall–Kier alpha value is -1.88. The minimum absolute atomic E-state index is 0.00380. The molecule has 0 fully saturated rings. The minimum atomic E-state index is -0.438. The molecule has 1 aromatic carbocycles. The van der Waals surface area contributed by atoms with Crippen molar-refractivity contribution in [3.05, 3.63) is 28.6 Å². The van der Waals surface area contributed by atoms with Crippen LogP contribution in [0.5, 0.6) is 5.75 Å². The average Bonchev–Trinajstić information content (AvgIpc) is 2.86. The lowest BCUT2D eigenvalue weighted by Crippen LogP contribution is -2.47. The monoisotopic (exact) mass is 302 g/mol. The molecule has 2 aromatic rings. The van der Waals surface area contributed by atoms with Gasteiger partial charge in [0.25, 0.3) is 5.91 Å². The van der Waals surface area contributed by atoms with Crippen molar-refractivity contribution in [3.8, 4) is 17.0 Å². The maximum Gasteiger partial charge on any atom is 0.268 e. The molecular formula is C16H18N2O2S. The Morgan fingerprint density at radius 3 is 2.76 bits per heavy atom. The first kappa shape index (κ1) is 14.1. The summed E-state index contributed by atoms with van der Waals surface area (Å²) in [5.74, 6) is 0.760. The van der Waals surface area contributed by atoms with Crippen LogP contribution < -0.4 is 9.64 Å². The van der Waals surface area contributed by atoms with Crippen molar-refractivity contribution in [2.45, 2.75) is 39.8 Å². The first-order valence-corrected chi connectivity index (χ1v) is 7.91. The number of hydrogen-bond acceptors (Lipinski definition) is 4. The molecule has 0 saturated carbocycles. The molecule has 1 aromatic heterocycles. The lowest BCUT2D eigenvalue weighted by Gasteiger charge is -2.35. The van der Waals surface area contributed by atoms with E-state index in [-0.39, 0.29) is 11.9 Å². The number of aromatic nitrogens is 1. The van der Waals surface area contributed by atoms with Gasteiger partial charge in [0, 0.05) is 17.0 Å². The van der Waals surface area contributed by atoms with Gasteiger partial charge >= 0.3 is 0 Å². The molecule has 110 valence electrons. The van der Waals surface area contributed by atoms with Crippen molar-refractivity contribution < 1.29 is 9.53 Å². The molecule has 1 amide bonds. The summed E-state index contributed by atoms with van der Waals surface area (Å²) in [4.78, 5) is 18.7. The van der Waals surface area contributed by atoms with E-state index in [0.717, 1.165) is 27.7 Å². The molecule has 2 heterocycles. The predicted octanol–water partition coefficient (Wildman–Crippen LogP) is 3.64. The van der Waals surface area contributed by atoms with Gasteiger partial charge < -0.3 is 9.64 Å². The normalized spacial score (nSPS) is 17.9. The molecule has 1 atom stereocenters. The molecule has 1 aliphatic rings. The molecule has 0 radical (unpaired) electrons. The van der Waals surface area contributed by atoms with E-state index in [1.54, 1.807) is 18.3 Å². The topological polar surface area (TPSA) is 42.4 Å². The molecule has 0 saturated heterocycles. The van der Waals surface area contributed by atoms with Crippen LogP contribution in [-0.2, 0) is 4.79 Å². The number of rotatable bonds is 2. The molecule has 1 unspecified atom stereocenters. The van der Waals surface area contributed by atoms with Gasteiger partial charge in [-0.3, -0.25) is 4.79 Å². The quantitative estimate of drug-likeness (QED) is 0.850. The number of anilines is 1. The Morgan fingerprint density at radius 2 is 2.14 bits per heavy atom. The van der Waals surface area contributed by atoms with Crippen LogP contribution in [0.2, 0.25) is 0 Å². The van der Waals surface area contributed by atoms with Crippen LogP contribution in [0.25, 0.3) is 11.3 Å². The molecule has 0 bridgehead atoms. The molecule has 1 aliphatic heterocycles. The van der Waals surface area contributed by atoms with Crippen molar-refractivity contribution in [1.82, 2.24) is 4.98 Å². The zero-order valence-corrected chi connectivity index (χ0v) is 13.4. The maximum atomic E-state index is 12.4. The fourth-order valence-electron chi connectivity index (χ4n) is 2.55. The number of fused-ring (bicyclic) bond motifs is 1. The number of ether oxygens (including phenoxy) is 1. The van der Waals surface area contributed by atoms with Gasteiger partial charge in [-0.05, 0) is 45.9 Å². The third-order valence-electron chi connectivity index (χ3n) is 3.54. The van der Waals surface area contributed by atoms with Crippen molar-refractivity contribution in [3.63, 3.8) is 0 Å². The lowest BCUT2D eigenvalue weighted by molar-refractivity contribution is -0.125. The van der Waals surface area contributed by atoms with Crippen LogP contribution in [0.15, 0.2) is 23.6 Å². The van der Waals surface area contributed by atoms with Gasteiger partial charge in [-0.2, -0.15) is 0 Å². The van der Waals surface area contributed by atoms with E-state index < -0.39 is 6.10 Å². The fraction of sp³-hybridized carbons (Fsp3) is 0.375. The van der Waals surface area contributed by atoms with Crippen molar-refractivity contribution >= 4 is 22.9 Å². The first-order chi connectivity index (χ1) is 9.97. The van der Waals surface area contributed by atoms with E-state index in [0.29, 0.717) is 0 Å². The number of carbonyl (C=O) groups is 1. The number of nitrogens with zero attached hydrogens (tertiary/aromatic N) is 2. The second kappa shape index (κ2) is 5.15. The summed E-state index contributed by atoms with van der Waals surface area (Å²) in [7, 11) is 0. The van der Waals surface area contributed by atoms with Gasteiger partial charge in [0.05, 0.1) is 16.4 Å². The zero-order valence-electron chi connectivity index (χ0n) is 12.6. The second-order valence-electron chi connectivity index (χ2n) is 5.50. The summed E-state index contributed by atoms with van der Waals surface area (Å²) in [5.41, 5.74) is 2.78. The molecule has 0 aliphatic carbocycles. The van der Waals surface area contributed by atoms with E-state index in [1.807, 2.05) is 49.3 Å². The molecule has 0 N–H and O–H groups in total. The fourth-order valence-corrected chi connectivity index (χ4v) is 3.17. The highest BCUT2D eigenvalue weighted by Gasteiger charge is 2.33. The Kier molecular flexibility index (Phi) is 3.45. The van der Waals surface area contributed by atoms with Crippen LogP contribution in [0.1, 0.15) is 25.8 Å². The maximum absolute atomic E-state index is 12.4. The van der Waals surface area contributed by atoms with Crippen molar-refractivity contribution in [1.29, 1.82) is 0 Å². The highest BCUT2D eigenvalue weighted by Crippen LogP contribution is 2.38. The van der Waals surface area contributed by atoms with Crippen molar-refractivity contribution in [2.75, 3.05) is 4.90 Å². The predicted molar refractivity (Wildman–Crippen MR) is 85.0 cm³/mol. The molecule has 4 nitrogen and oxygen atoms in total. The van der Waals surface area contributed by atoms with Gasteiger partial charge in [-0.1, -0.05) is 0 Å². The highest BCUT2D eigenvalue weighted by molar-refractivity contribution is 7.09. The van der Waals surface area contributed by atoms with Gasteiger partial charge in [0.1, 0.15) is 5.75 Å². The van der Waals surface area contributed by atoms with Crippen LogP contribution >= 0.6 is 11.3 Å². The Morgan fingerprint density at radius 1 is 1.38 bits per heavy atom. The standard InChI is InChI=1S/C16H18N2O2S/c1-9(2)18-14-7-12(13-8-21-11(4)17-13)5-6-15(14)20-10(3)16(18)19/h5-10H,1-4H3. The van der Waals surface area contributed by atoms with Gasteiger partial charge in [0.2, 0.25) is 0 Å². The van der Waals surface area contributed by atoms with E-state index >= 15 is 0 Å². The number of amides is 1. The summed E-state index contributed by atoms with van der Waals surface area (Å²) in [6.45, 7) is 7.80. The summed E-state index contributed by atoms with van der Waals surface area (Å²) in [6, 6.07) is 6.01. The third kappa shape index (κ3) is 2.42. The molecule has 0 spiro atoms. The Balaban J connectivity index is 2.10. The molecule has 21 heavy (non-hydrogen) atoms. The minimum Gasteiger partial charge on any atom is -0.479 e. The zero-order chi connectivity index (χ0) is 15.1. The van der Waals surface area contributed by atoms with E-state index in [4.69, 9.17) is 4.74 Å². The van der Waals surface area contributed by atoms with Crippen molar-refractivity contribution in [2.24, 2.45) is 0 Å². The van der Waals surface area contributed by atoms with Gasteiger partial charge in [-0.25, -0.2) is 4.98 Å². The number of aryl methyl sites for hydroxylation is 1. The summed E-state index contributed by atoms with van der Waals surface area (Å²) in [6.07, 6.45) is -0.438. The summed E-state index contributed by atoms with van der Waals surface area (Å²) >= 11 is 1.62. The van der Waals surface area contributed by atoms with Crippen LogP contribution in [0.4, 0.5) is 5.69 Å². The first-order valence-electron chi connectivity index (χ1n) is 7.03. The van der Waals surface area contributed by atoms with E-state index in [2.05, 4.69) is 4.98 Å². The largest absolute Gasteiger partial charge is 0.479 e. The molecule has 5 heteroatoms. The second-order valence-corrected chi connectivity index (χ2v) is 6.56. The Labute approximate surface area is 128 Å². The van der Waals surface area contributed by atoms with Gasteiger partial charge in [-0.15, -0.1) is 11.3 Å².